The molecule has 0 saturated heterocycles. The van der Waals surface area contributed by atoms with Crippen molar-refractivity contribution in [3.05, 3.63) is 64.2 Å². The van der Waals surface area contributed by atoms with Crippen molar-refractivity contribution in [2.75, 3.05) is 24.1 Å². The minimum atomic E-state index is -0.801. The van der Waals surface area contributed by atoms with Crippen LogP contribution in [0.15, 0.2) is 47.4 Å². The van der Waals surface area contributed by atoms with Gasteiger partial charge in [-0.3, -0.25) is 4.90 Å². The summed E-state index contributed by atoms with van der Waals surface area (Å²) in [6.45, 7) is 7.22. The number of aromatic hydroxyl groups is 2. The predicted molar refractivity (Wildman–Crippen MR) is 140 cm³/mol. The van der Waals surface area contributed by atoms with Crippen molar-refractivity contribution in [1.29, 1.82) is 0 Å². The molecule has 6 N–H and O–H groups in total. The van der Waals surface area contributed by atoms with Crippen LogP contribution in [0.4, 0.5) is 17.5 Å². The number of aliphatic hydroxyl groups is 1. The van der Waals surface area contributed by atoms with Gasteiger partial charge in [0.1, 0.15) is 23.0 Å². The van der Waals surface area contributed by atoms with Gasteiger partial charge >= 0.3 is 5.69 Å². The van der Waals surface area contributed by atoms with E-state index < -0.39 is 11.3 Å². The molecule has 0 amide bonds. The highest BCUT2D eigenvalue weighted by Crippen LogP contribution is 2.34. The van der Waals surface area contributed by atoms with Gasteiger partial charge in [-0.1, -0.05) is 12.1 Å². The Hall–Kier alpha value is -4.22. The summed E-state index contributed by atoms with van der Waals surface area (Å²) in [7, 11) is 0. The fourth-order valence-corrected chi connectivity index (χ4v) is 4.83. The first-order valence-corrected chi connectivity index (χ1v) is 11.9. The number of aromatic nitrogens is 4. The summed E-state index contributed by atoms with van der Waals surface area (Å²) in [6.07, 6.45) is 2.29. The zero-order valence-corrected chi connectivity index (χ0v) is 20.8. The lowest BCUT2D eigenvalue weighted by molar-refractivity contribution is 0.0203. The smallest absolute Gasteiger partial charge is 0.356 e. The highest BCUT2D eigenvalue weighted by molar-refractivity contribution is 5.86. The van der Waals surface area contributed by atoms with E-state index >= 15 is 0 Å². The maximum Gasteiger partial charge on any atom is 0.356 e. The van der Waals surface area contributed by atoms with E-state index in [1.807, 2.05) is 19.9 Å². The molecule has 2 aromatic heterocycles. The minimum absolute atomic E-state index is 0.0586. The van der Waals surface area contributed by atoms with E-state index in [0.717, 1.165) is 23.2 Å². The molecule has 0 saturated carbocycles. The van der Waals surface area contributed by atoms with Crippen molar-refractivity contribution in [1.82, 2.24) is 24.4 Å². The summed E-state index contributed by atoms with van der Waals surface area (Å²) in [6, 6.07) is 10.3. The van der Waals surface area contributed by atoms with E-state index in [-0.39, 0.29) is 40.6 Å². The maximum atomic E-state index is 12.8. The number of benzene rings is 2. The van der Waals surface area contributed by atoms with Crippen molar-refractivity contribution < 1.29 is 15.3 Å². The number of β-amino-alcohol motifs (C(OH)–C–C–N with tert-alkyl or cyclic N) is 1. The highest BCUT2D eigenvalue weighted by Gasteiger charge is 2.28. The number of nitrogens with two attached hydrogens (primary N) is 1. The lowest BCUT2D eigenvalue weighted by Crippen LogP contribution is -2.43. The van der Waals surface area contributed by atoms with Crippen LogP contribution < -0.4 is 16.7 Å². The SMILES string of the molecule is CC1c2ccc(Nc3ncc4c(N)n(-c5c(O)cccc5O)c(=O)nc4n3)cc2CCN1CC(C)(C)O. The van der Waals surface area contributed by atoms with Crippen LogP contribution in [0.3, 0.4) is 0 Å². The molecule has 192 valence electrons. The molecule has 0 bridgehead atoms. The average molecular weight is 504 g/mol. The third-order valence-electron chi connectivity index (χ3n) is 6.55. The van der Waals surface area contributed by atoms with E-state index in [9.17, 15) is 20.1 Å². The summed E-state index contributed by atoms with van der Waals surface area (Å²) >= 11 is 0. The number of phenolic OH excluding ortho intramolecular Hbond substituents is 2. The highest BCUT2D eigenvalue weighted by atomic mass is 16.3. The number of hydrogen-bond donors (Lipinski definition) is 5. The summed E-state index contributed by atoms with van der Waals surface area (Å²) in [5, 5.41) is 34.0. The van der Waals surface area contributed by atoms with E-state index in [4.69, 9.17) is 5.73 Å². The summed E-state index contributed by atoms with van der Waals surface area (Å²) in [5.74, 6) is -0.454. The topological polar surface area (TPSA) is 163 Å². The van der Waals surface area contributed by atoms with Gasteiger partial charge < -0.3 is 26.4 Å². The fourth-order valence-electron chi connectivity index (χ4n) is 4.83. The monoisotopic (exact) mass is 503 g/mol. The van der Waals surface area contributed by atoms with Gasteiger partial charge in [0.25, 0.3) is 0 Å². The van der Waals surface area contributed by atoms with Gasteiger partial charge in [-0.15, -0.1) is 0 Å². The third-order valence-corrected chi connectivity index (χ3v) is 6.55. The molecule has 11 heteroatoms. The molecule has 1 unspecified atom stereocenters. The molecular weight excluding hydrogens is 474 g/mol. The van der Waals surface area contributed by atoms with E-state index in [2.05, 4.69) is 44.2 Å². The quantitative estimate of drug-likeness (QED) is 0.274. The Morgan fingerprint density at radius 1 is 1.16 bits per heavy atom. The number of hydrogen-bond acceptors (Lipinski definition) is 10. The Morgan fingerprint density at radius 3 is 2.59 bits per heavy atom. The second-order valence-corrected chi connectivity index (χ2v) is 9.94. The molecule has 1 atom stereocenters. The first-order chi connectivity index (χ1) is 17.5. The van der Waals surface area contributed by atoms with E-state index in [1.54, 1.807) is 0 Å². The zero-order valence-electron chi connectivity index (χ0n) is 20.8. The van der Waals surface area contributed by atoms with Crippen LogP contribution >= 0.6 is 0 Å². The third kappa shape index (κ3) is 4.66. The Balaban J connectivity index is 1.44. The zero-order chi connectivity index (χ0) is 26.5. The standard InChI is InChI=1S/C26H29N7O4/c1-14-17-8-7-16(11-15(17)9-10-32(14)13-26(2,3)37)29-24-28-12-18-22(27)33(25(36)31-23(18)30-24)21-19(34)5-4-6-20(21)35/h4-8,11-12,14,34-35,37H,9-10,13,27H2,1-3H3,(H,29,30,31,36). The van der Waals surface area contributed by atoms with Crippen molar-refractivity contribution in [2.45, 2.75) is 38.8 Å². The second-order valence-electron chi connectivity index (χ2n) is 9.94. The lowest BCUT2D eigenvalue weighted by Gasteiger charge is -2.38. The number of para-hydroxylation sites is 1. The number of nitrogen functional groups attached to an aromatic ring is 1. The first-order valence-electron chi connectivity index (χ1n) is 11.9. The molecule has 0 spiro atoms. The average Bonchev–Trinajstić information content (AvgIpc) is 2.82. The predicted octanol–water partition coefficient (Wildman–Crippen LogP) is 2.60. The summed E-state index contributed by atoms with van der Waals surface area (Å²) in [4.78, 5) is 27.8. The van der Waals surface area contributed by atoms with Gasteiger partial charge in [-0.05, 0) is 62.6 Å². The molecule has 1 aliphatic heterocycles. The normalized spacial score (nSPS) is 16.1. The number of rotatable bonds is 5. The molecule has 0 aliphatic carbocycles. The van der Waals surface area contributed by atoms with Crippen LogP contribution in [0.5, 0.6) is 11.5 Å². The summed E-state index contributed by atoms with van der Waals surface area (Å²) in [5.41, 5.74) is 7.78. The van der Waals surface area contributed by atoms with Crippen LogP contribution in [0.25, 0.3) is 16.7 Å². The van der Waals surface area contributed by atoms with Gasteiger partial charge in [0.2, 0.25) is 5.95 Å². The van der Waals surface area contributed by atoms with Crippen LogP contribution in [0.2, 0.25) is 0 Å². The lowest BCUT2D eigenvalue weighted by atomic mass is 9.92. The number of nitrogens with zero attached hydrogens (tertiary/aromatic N) is 5. The molecule has 37 heavy (non-hydrogen) atoms. The van der Waals surface area contributed by atoms with Crippen molar-refractivity contribution >= 4 is 28.5 Å². The van der Waals surface area contributed by atoms with Crippen LogP contribution in [0.1, 0.15) is 37.9 Å². The molecule has 0 radical (unpaired) electrons. The molecule has 2 aromatic carbocycles. The maximum absolute atomic E-state index is 12.8. The van der Waals surface area contributed by atoms with E-state index in [1.165, 1.54) is 35.5 Å². The van der Waals surface area contributed by atoms with E-state index in [0.29, 0.717) is 11.9 Å². The van der Waals surface area contributed by atoms with Gasteiger partial charge in [0.15, 0.2) is 5.65 Å². The number of anilines is 3. The Bertz CT molecular complexity index is 1540. The Morgan fingerprint density at radius 2 is 1.89 bits per heavy atom. The number of phenols is 2. The van der Waals surface area contributed by atoms with Gasteiger partial charge in [-0.2, -0.15) is 9.97 Å². The van der Waals surface area contributed by atoms with Crippen molar-refractivity contribution in [2.24, 2.45) is 0 Å². The van der Waals surface area contributed by atoms with Crippen molar-refractivity contribution in [3.8, 4) is 17.2 Å². The largest absolute Gasteiger partial charge is 0.506 e. The van der Waals surface area contributed by atoms with Gasteiger partial charge in [-0.25, -0.2) is 14.3 Å². The first kappa shape index (κ1) is 24.5. The van der Waals surface area contributed by atoms with Gasteiger partial charge in [0, 0.05) is 31.0 Å². The van der Waals surface area contributed by atoms with Crippen LogP contribution in [0, 0.1) is 0 Å². The molecule has 3 heterocycles. The molecule has 5 rings (SSSR count). The minimum Gasteiger partial charge on any atom is -0.506 e. The molecule has 11 nitrogen and oxygen atoms in total. The van der Waals surface area contributed by atoms with Gasteiger partial charge in [0.05, 0.1) is 11.0 Å². The van der Waals surface area contributed by atoms with Crippen LogP contribution in [-0.2, 0) is 6.42 Å². The molecule has 4 aromatic rings. The second kappa shape index (κ2) is 9.02. The summed E-state index contributed by atoms with van der Waals surface area (Å²) < 4.78 is 0.926. The van der Waals surface area contributed by atoms with Crippen LogP contribution in [-0.4, -0.2) is 58.4 Å². The molecule has 0 fully saturated rings. The Labute approximate surface area is 212 Å². The molecule has 1 aliphatic rings. The molecular formula is C26H29N7O4. The van der Waals surface area contributed by atoms with Crippen molar-refractivity contribution in [3.63, 3.8) is 0 Å². The fraction of sp³-hybridized carbons (Fsp3) is 0.308. The number of nitrogens with one attached hydrogen (secondary N) is 1. The number of fused-ring (bicyclic) bond motifs is 2. The Kier molecular flexibility index (Phi) is 5.97.